The van der Waals surface area contributed by atoms with Crippen molar-refractivity contribution in [3.05, 3.63) is 84.6 Å². The molecule has 0 aliphatic rings. The van der Waals surface area contributed by atoms with Crippen molar-refractivity contribution in [2.75, 3.05) is 0 Å². The molecule has 2 N–H and O–H groups in total. The molecule has 0 bridgehead atoms. The normalized spacial score (nSPS) is 11.1. The van der Waals surface area contributed by atoms with Gasteiger partial charge in [0.15, 0.2) is 5.82 Å². The summed E-state index contributed by atoms with van der Waals surface area (Å²) in [6.07, 6.45) is 5.15. The molecule has 0 spiro atoms. The third kappa shape index (κ3) is 2.59. The predicted octanol–water partition coefficient (Wildman–Crippen LogP) is 4.11. The topological polar surface area (TPSA) is 91.8 Å². The van der Waals surface area contributed by atoms with Gasteiger partial charge in [0.05, 0.1) is 11.2 Å². The highest BCUT2D eigenvalue weighted by Crippen LogP contribution is 2.27. The van der Waals surface area contributed by atoms with Crippen LogP contribution in [0.4, 0.5) is 0 Å². The molecule has 3 heterocycles. The number of hydrogen-bond donors (Lipinski definition) is 2. The molecule has 3 aromatic heterocycles. The minimum Gasteiger partial charge on any atom is -0.506 e. The van der Waals surface area contributed by atoms with E-state index in [-0.39, 0.29) is 17.4 Å². The Bertz CT molecular complexity index is 1350. The minimum atomic E-state index is -0.271. The quantitative estimate of drug-likeness (QED) is 0.469. The Balaban J connectivity index is 1.60. The van der Waals surface area contributed by atoms with E-state index >= 15 is 0 Å². The van der Waals surface area contributed by atoms with Crippen LogP contribution in [0.1, 0.15) is 16.2 Å². The van der Waals surface area contributed by atoms with Crippen LogP contribution in [0.5, 0.6) is 5.75 Å². The highest BCUT2D eigenvalue weighted by atomic mass is 16.3. The molecular formula is C22H14N4O2. The molecule has 0 aliphatic carbocycles. The summed E-state index contributed by atoms with van der Waals surface area (Å²) < 4.78 is 0. The van der Waals surface area contributed by atoms with E-state index in [1.807, 2.05) is 24.3 Å². The largest absolute Gasteiger partial charge is 0.506 e. The molecule has 5 rings (SSSR count). The number of imidazole rings is 1. The Morgan fingerprint density at radius 3 is 2.79 bits per heavy atom. The van der Waals surface area contributed by atoms with Gasteiger partial charge >= 0.3 is 0 Å². The summed E-state index contributed by atoms with van der Waals surface area (Å²) in [6.45, 7) is 0. The molecule has 2 aromatic carbocycles. The molecule has 0 radical (unpaired) electrons. The van der Waals surface area contributed by atoms with Crippen molar-refractivity contribution in [2.24, 2.45) is 0 Å². The van der Waals surface area contributed by atoms with E-state index in [1.54, 1.807) is 42.9 Å². The second-order valence-corrected chi connectivity index (χ2v) is 6.43. The first-order valence-electron chi connectivity index (χ1n) is 8.72. The molecule has 6 nitrogen and oxygen atoms in total. The highest BCUT2D eigenvalue weighted by Gasteiger charge is 2.17. The fourth-order valence-corrected chi connectivity index (χ4v) is 3.30. The number of ketones is 1. The molecule has 5 aromatic rings. The number of pyridine rings is 2. The van der Waals surface area contributed by atoms with Gasteiger partial charge in [0.2, 0.25) is 5.78 Å². The molecule has 6 heteroatoms. The van der Waals surface area contributed by atoms with Crippen molar-refractivity contribution >= 4 is 27.6 Å². The fraction of sp³-hybridized carbons (Fsp3) is 0. The molecule has 0 aliphatic heterocycles. The Labute approximate surface area is 159 Å². The smallest absolute Gasteiger partial charge is 0.228 e. The minimum absolute atomic E-state index is 0.0325. The van der Waals surface area contributed by atoms with Gasteiger partial charge in [-0.2, -0.15) is 0 Å². The lowest BCUT2D eigenvalue weighted by Crippen LogP contribution is -2.04. The van der Waals surface area contributed by atoms with Crippen molar-refractivity contribution in [2.45, 2.75) is 0 Å². The van der Waals surface area contributed by atoms with E-state index in [0.29, 0.717) is 22.3 Å². The number of aromatic amines is 1. The molecule has 0 fully saturated rings. The number of carbonyl (C=O) groups is 1. The van der Waals surface area contributed by atoms with Crippen LogP contribution in [0.15, 0.2) is 73.2 Å². The van der Waals surface area contributed by atoms with Gasteiger partial charge in [-0.1, -0.05) is 30.3 Å². The lowest BCUT2D eigenvalue weighted by Gasteiger charge is -2.06. The van der Waals surface area contributed by atoms with Crippen molar-refractivity contribution in [1.82, 2.24) is 19.9 Å². The fourth-order valence-electron chi connectivity index (χ4n) is 3.30. The van der Waals surface area contributed by atoms with E-state index in [4.69, 9.17) is 0 Å². The van der Waals surface area contributed by atoms with Crippen molar-refractivity contribution in [3.8, 4) is 17.0 Å². The molecule has 0 amide bonds. The Morgan fingerprint density at radius 2 is 1.89 bits per heavy atom. The van der Waals surface area contributed by atoms with E-state index in [2.05, 4.69) is 19.9 Å². The monoisotopic (exact) mass is 366 g/mol. The molecule has 0 atom stereocenters. The number of aromatic hydroxyl groups is 1. The van der Waals surface area contributed by atoms with Crippen LogP contribution in [0, 0.1) is 0 Å². The van der Waals surface area contributed by atoms with Crippen LogP contribution in [0.25, 0.3) is 33.1 Å². The van der Waals surface area contributed by atoms with Gasteiger partial charge in [-0.3, -0.25) is 14.8 Å². The van der Waals surface area contributed by atoms with Gasteiger partial charge in [0, 0.05) is 35.1 Å². The van der Waals surface area contributed by atoms with Crippen LogP contribution < -0.4 is 0 Å². The van der Waals surface area contributed by atoms with Crippen molar-refractivity contribution in [3.63, 3.8) is 0 Å². The molecule has 0 saturated carbocycles. The van der Waals surface area contributed by atoms with Gasteiger partial charge in [-0.05, 0) is 29.7 Å². The molecular weight excluding hydrogens is 352 g/mol. The van der Waals surface area contributed by atoms with Crippen molar-refractivity contribution < 1.29 is 9.90 Å². The first kappa shape index (κ1) is 16.1. The van der Waals surface area contributed by atoms with Gasteiger partial charge in [0.1, 0.15) is 11.3 Å². The average Bonchev–Trinajstić information content (AvgIpc) is 3.19. The number of nitrogens with one attached hydrogen (secondary N) is 1. The van der Waals surface area contributed by atoms with Gasteiger partial charge < -0.3 is 10.1 Å². The number of nitrogens with zero attached hydrogens (tertiary/aromatic N) is 3. The van der Waals surface area contributed by atoms with Crippen LogP contribution >= 0.6 is 0 Å². The second kappa shape index (κ2) is 6.28. The van der Waals surface area contributed by atoms with Crippen LogP contribution in [0.3, 0.4) is 0 Å². The zero-order valence-electron chi connectivity index (χ0n) is 14.6. The number of benzene rings is 2. The number of rotatable bonds is 3. The number of carbonyl (C=O) groups excluding carboxylic acids is 1. The second-order valence-electron chi connectivity index (χ2n) is 6.43. The zero-order chi connectivity index (χ0) is 19.1. The standard InChI is InChI=1S/C22H14N4O2/c27-19-7-3-6-17-20(19)26-22(25-17)21(28)13-8-9-24-18(10-13)16-12-23-11-14-4-1-2-5-15(14)16/h1-12,27H,(H,25,26). The molecule has 0 unspecified atom stereocenters. The number of phenolic OH excluding ortho intramolecular Hbond substituents is 1. The van der Waals surface area contributed by atoms with Gasteiger partial charge in [-0.15, -0.1) is 0 Å². The highest BCUT2D eigenvalue weighted by molar-refractivity contribution is 6.09. The zero-order valence-corrected chi connectivity index (χ0v) is 14.6. The third-order valence-corrected chi connectivity index (χ3v) is 4.67. The van der Waals surface area contributed by atoms with E-state index in [9.17, 15) is 9.90 Å². The maximum absolute atomic E-state index is 13.0. The number of fused-ring (bicyclic) bond motifs is 2. The Hall–Kier alpha value is -4.06. The number of aromatic nitrogens is 4. The van der Waals surface area contributed by atoms with Crippen LogP contribution in [-0.4, -0.2) is 30.8 Å². The maximum Gasteiger partial charge on any atom is 0.228 e. The van der Waals surface area contributed by atoms with E-state index in [0.717, 1.165) is 16.3 Å². The summed E-state index contributed by atoms with van der Waals surface area (Å²) in [4.78, 5) is 28.9. The summed E-state index contributed by atoms with van der Waals surface area (Å²) in [5, 5.41) is 11.9. The summed E-state index contributed by atoms with van der Waals surface area (Å²) in [5.74, 6) is -0.0674. The predicted molar refractivity (Wildman–Crippen MR) is 106 cm³/mol. The van der Waals surface area contributed by atoms with E-state index < -0.39 is 0 Å². The van der Waals surface area contributed by atoms with Crippen molar-refractivity contribution in [1.29, 1.82) is 0 Å². The number of phenols is 1. The lowest BCUT2D eigenvalue weighted by molar-refractivity contribution is 0.103. The average molecular weight is 366 g/mol. The number of hydrogen-bond acceptors (Lipinski definition) is 5. The Morgan fingerprint density at radius 1 is 1.00 bits per heavy atom. The molecule has 134 valence electrons. The lowest BCUT2D eigenvalue weighted by atomic mass is 10.0. The molecule has 28 heavy (non-hydrogen) atoms. The molecule has 0 saturated heterocycles. The number of H-pyrrole nitrogens is 1. The summed E-state index contributed by atoms with van der Waals surface area (Å²) in [7, 11) is 0. The summed E-state index contributed by atoms with van der Waals surface area (Å²) in [6, 6.07) is 16.3. The SMILES string of the molecule is O=C(c1ccnc(-c2cncc3ccccc23)c1)c1nc2c(O)cccc2[nH]1. The number of para-hydroxylation sites is 1. The van der Waals surface area contributed by atoms with E-state index in [1.165, 1.54) is 6.07 Å². The van der Waals surface area contributed by atoms with Crippen LogP contribution in [0.2, 0.25) is 0 Å². The van der Waals surface area contributed by atoms with Gasteiger partial charge in [0.25, 0.3) is 0 Å². The summed E-state index contributed by atoms with van der Waals surface area (Å²) >= 11 is 0. The first-order chi connectivity index (χ1) is 13.7. The maximum atomic E-state index is 13.0. The van der Waals surface area contributed by atoms with Crippen LogP contribution in [-0.2, 0) is 0 Å². The van der Waals surface area contributed by atoms with Gasteiger partial charge in [-0.25, -0.2) is 4.98 Å². The third-order valence-electron chi connectivity index (χ3n) is 4.67. The Kier molecular flexibility index (Phi) is 3.62. The summed E-state index contributed by atoms with van der Waals surface area (Å²) in [5.41, 5.74) is 2.95. The first-order valence-corrected chi connectivity index (χ1v) is 8.72.